The van der Waals surface area contributed by atoms with E-state index in [2.05, 4.69) is 11.6 Å². The molecule has 0 N–H and O–H groups in total. The van der Waals surface area contributed by atoms with Gasteiger partial charge in [0.05, 0.1) is 11.5 Å². The van der Waals surface area contributed by atoms with E-state index in [0.717, 1.165) is 34.6 Å². The van der Waals surface area contributed by atoms with Gasteiger partial charge in [-0.3, -0.25) is 33.8 Å². The molecule has 8 atom stereocenters. The highest BCUT2D eigenvalue weighted by atomic mass is 16.6. The lowest BCUT2D eigenvalue weighted by Crippen LogP contribution is -2.57. The van der Waals surface area contributed by atoms with E-state index in [9.17, 15) is 33.6 Å². The predicted molar refractivity (Wildman–Crippen MR) is 174 cm³/mol. The molecule has 50 heavy (non-hydrogen) atoms. The summed E-state index contributed by atoms with van der Waals surface area (Å²) in [6, 6.07) is 3.07. The van der Waals surface area contributed by atoms with Gasteiger partial charge >= 0.3 is 35.8 Å². The summed E-state index contributed by atoms with van der Waals surface area (Å²) in [4.78, 5) is 95.5. The molecule has 0 saturated heterocycles. The Balaban J connectivity index is 2.41. The lowest BCUT2D eigenvalue weighted by molar-refractivity contribution is -0.190. The maximum absolute atomic E-state index is 14.8. The average molecular weight is 700 g/mol. The number of esters is 6. The first-order valence-corrected chi connectivity index (χ1v) is 16.1. The standard InChI is InChI=1S/C36H45NO13/c1-19-13-14-34(8,9)28(48-33(44)26-12-11-15-37-17-26)16-27(45-21(3)38)20(2)30(46-22(4)39)29-32(47-23(5)40)35(10,49-24(6)41)18-36(29,31(19)43)50-25(7)42/h11-15,17,19,27-30,32H,2,16,18H2,1,3-10H3/b14-13+/t19-,27-,28-,29+,30+,32-,35-,36-/m1/s1. The van der Waals surface area contributed by atoms with Crippen molar-refractivity contribution in [2.24, 2.45) is 17.3 Å². The summed E-state index contributed by atoms with van der Waals surface area (Å²) in [6.07, 6.45) is -0.387. The molecule has 0 unspecified atom stereocenters. The van der Waals surface area contributed by atoms with Gasteiger partial charge in [-0.2, -0.15) is 0 Å². The molecule has 0 aliphatic heterocycles. The number of carbonyl (C=O) groups excluding carboxylic acids is 7. The van der Waals surface area contributed by atoms with Gasteiger partial charge in [0.25, 0.3) is 0 Å². The van der Waals surface area contributed by atoms with Gasteiger partial charge in [0.15, 0.2) is 23.1 Å². The van der Waals surface area contributed by atoms with E-state index in [-0.39, 0.29) is 17.6 Å². The molecule has 2 aliphatic rings. The third-order valence-corrected chi connectivity index (χ3v) is 8.83. The number of carbonyl (C=O) groups is 7. The first-order chi connectivity index (χ1) is 23.1. The number of hydrogen-bond acceptors (Lipinski definition) is 14. The predicted octanol–water partition coefficient (Wildman–Crippen LogP) is 3.79. The number of Topliss-reactive ketones (excluding diaryl/α,β-unsaturated/α-hetero) is 1. The Kier molecular flexibility index (Phi) is 12.1. The summed E-state index contributed by atoms with van der Waals surface area (Å²) in [7, 11) is 0. The normalized spacial score (nSPS) is 31.4. The van der Waals surface area contributed by atoms with Crippen LogP contribution in [0.1, 0.15) is 85.5 Å². The molecule has 1 saturated carbocycles. The van der Waals surface area contributed by atoms with Gasteiger partial charge in [0.2, 0.25) is 0 Å². The number of nitrogens with zero attached hydrogens (tertiary/aromatic N) is 1. The van der Waals surface area contributed by atoms with Gasteiger partial charge in [-0.1, -0.05) is 39.5 Å². The fourth-order valence-corrected chi connectivity index (χ4v) is 6.80. The highest BCUT2D eigenvalue weighted by Crippen LogP contribution is 2.54. The van der Waals surface area contributed by atoms with E-state index in [4.69, 9.17) is 28.4 Å². The van der Waals surface area contributed by atoms with Crippen LogP contribution in [0, 0.1) is 17.3 Å². The highest BCUT2D eigenvalue weighted by molar-refractivity contribution is 5.94. The quantitative estimate of drug-likeness (QED) is 0.227. The van der Waals surface area contributed by atoms with Gasteiger partial charge in [-0.25, -0.2) is 4.79 Å². The van der Waals surface area contributed by atoms with Crippen LogP contribution in [0.4, 0.5) is 0 Å². The lowest BCUT2D eigenvalue weighted by Gasteiger charge is -2.42. The zero-order valence-electron chi connectivity index (χ0n) is 29.8. The minimum Gasteiger partial charge on any atom is -0.458 e. The molecule has 1 aromatic heterocycles. The van der Waals surface area contributed by atoms with Crippen LogP contribution in [0.5, 0.6) is 0 Å². The number of allylic oxidation sites excluding steroid dienone is 1. The van der Waals surface area contributed by atoms with Crippen molar-refractivity contribution in [2.75, 3.05) is 0 Å². The molecule has 0 bridgehead atoms. The molecule has 14 nitrogen and oxygen atoms in total. The number of ether oxygens (including phenoxy) is 6. The van der Waals surface area contributed by atoms with Crippen molar-refractivity contribution in [2.45, 2.75) is 111 Å². The molecule has 0 aromatic carbocycles. The monoisotopic (exact) mass is 699 g/mol. The van der Waals surface area contributed by atoms with Crippen LogP contribution >= 0.6 is 0 Å². The van der Waals surface area contributed by atoms with E-state index in [1.165, 1.54) is 31.5 Å². The zero-order valence-corrected chi connectivity index (χ0v) is 29.8. The van der Waals surface area contributed by atoms with Gasteiger partial charge in [0, 0.05) is 76.8 Å². The van der Waals surface area contributed by atoms with Crippen LogP contribution in [0.25, 0.3) is 0 Å². The SMILES string of the molecule is C=C1[C@H](OC(C)=O)C[C@@H](OC(=O)c2cccnc2)C(C)(C)/C=C/[C@@H](C)C(=O)[C@@]2(OC(C)=O)C[C@@](C)(OC(C)=O)[C@H](OC(C)=O)[C@@H]2[C@H]1OC(C)=O. The van der Waals surface area contributed by atoms with E-state index in [0.29, 0.717) is 0 Å². The number of fused-ring (bicyclic) bond motifs is 1. The van der Waals surface area contributed by atoms with Gasteiger partial charge < -0.3 is 28.4 Å². The minimum atomic E-state index is -2.25. The summed E-state index contributed by atoms with van der Waals surface area (Å²) in [5, 5.41) is 0. The molecule has 0 radical (unpaired) electrons. The lowest BCUT2D eigenvalue weighted by atomic mass is 9.72. The van der Waals surface area contributed by atoms with Crippen molar-refractivity contribution in [3.63, 3.8) is 0 Å². The molecule has 0 spiro atoms. The Morgan fingerprint density at radius 1 is 0.840 bits per heavy atom. The van der Waals surface area contributed by atoms with Crippen molar-refractivity contribution < 1.29 is 62.0 Å². The Morgan fingerprint density at radius 3 is 1.96 bits per heavy atom. The summed E-state index contributed by atoms with van der Waals surface area (Å²) in [5.74, 6) is -8.29. The van der Waals surface area contributed by atoms with Gasteiger partial charge in [0.1, 0.15) is 18.3 Å². The van der Waals surface area contributed by atoms with Gasteiger partial charge in [-0.15, -0.1) is 0 Å². The van der Waals surface area contributed by atoms with Crippen LogP contribution in [-0.2, 0) is 57.2 Å². The second-order valence-electron chi connectivity index (χ2n) is 13.5. The van der Waals surface area contributed by atoms with E-state index in [1.54, 1.807) is 32.9 Å². The molecule has 1 aromatic rings. The Morgan fingerprint density at radius 2 is 1.44 bits per heavy atom. The number of ketones is 1. The first kappa shape index (κ1) is 39.6. The molecule has 1 heterocycles. The van der Waals surface area contributed by atoms with Crippen LogP contribution in [0.2, 0.25) is 0 Å². The van der Waals surface area contributed by atoms with Crippen molar-refractivity contribution in [1.82, 2.24) is 4.98 Å². The van der Waals surface area contributed by atoms with E-state index in [1.807, 2.05) is 0 Å². The molecule has 1 fully saturated rings. The summed E-state index contributed by atoms with van der Waals surface area (Å²) in [6.45, 7) is 16.0. The zero-order chi connectivity index (χ0) is 37.8. The Hall–Kier alpha value is -4.88. The fourth-order valence-electron chi connectivity index (χ4n) is 6.80. The molecule has 3 rings (SSSR count). The molecule has 0 amide bonds. The minimum absolute atomic E-state index is 0.121. The van der Waals surface area contributed by atoms with Gasteiger partial charge in [-0.05, 0) is 19.1 Å². The third-order valence-electron chi connectivity index (χ3n) is 8.83. The molecule has 14 heteroatoms. The third kappa shape index (κ3) is 8.82. The fraction of sp³-hybridized carbons (Fsp3) is 0.556. The largest absolute Gasteiger partial charge is 0.458 e. The van der Waals surface area contributed by atoms with Crippen molar-refractivity contribution in [3.05, 3.63) is 54.4 Å². The molecule has 272 valence electrons. The Labute approximate surface area is 290 Å². The molecular formula is C36H45NO13. The van der Waals surface area contributed by atoms with E-state index < -0.39 is 101 Å². The van der Waals surface area contributed by atoms with Crippen LogP contribution in [0.3, 0.4) is 0 Å². The van der Waals surface area contributed by atoms with E-state index >= 15 is 0 Å². The number of pyridine rings is 1. The topological polar surface area (TPSA) is 188 Å². The van der Waals surface area contributed by atoms with Crippen LogP contribution in [0.15, 0.2) is 48.8 Å². The van der Waals surface area contributed by atoms with Crippen molar-refractivity contribution in [3.8, 4) is 0 Å². The summed E-state index contributed by atoms with van der Waals surface area (Å²) in [5.41, 5.74) is -5.08. The second-order valence-corrected chi connectivity index (χ2v) is 13.5. The van der Waals surface area contributed by atoms with Crippen LogP contribution < -0.4 is 0 Å². The number of hydrogen-bond donors (Lipinski definition) is 0. The number of rotatable bonds is 7. The molecule has 2 aliphatic carbocycles. The summed E-state index contributed by atoms with van der Waals surface area (Å²) < 4.78 is 34.9. The highest BCUT2D eigenvalue weighted by Gasteiger charge is 2.71. The maximum atomic E-state index is 14.8. The first-order valence-electron chi connectivity index (χ1n) is 16.1. The Bertz CT molecular complexity index is 1570. The smallest absolute Gasteiger partial charge is 0.340 e. The maximum Gasteiger partial charge on any atom is 0.340 e. The number of aromatic nitrogens is 1. The van der Waals surface area contributed by atoms with Crippen molar-refractivity contribution >= 4 is 41.6 Å². The average Bonchev–Trinajstić information content (AvgIpc) is 3.22. The second kappa shape index (κ2) is 15.3. The summed E-state index contributed by atoms with van der Waals surface area (Å²) >= 11 is 0. The van der Waals surface area contributed by atoms with Crippen molar-refractivity contribution in [1.29, 1.82) is 0 Å². The van der Waals surface area contributed by atoms with Crippen LogP contribution in [-0.4, -0.2) is 82.2 Å². The molecular weight excluding hydrogens is 654 g/mol.